The van der Waals surface area contributed by atoms with Crippen LogP contribution in [0.2, 0.25) is 0 Å². The number of nitriles is 1. The van der Waals surface area contributed by atoms with Gasteiger partial charge in [-0.2, -0.15) is 5.26 Å². The van der Waals surface area contributed by atoms with Crippen LogP contribution in [0.3, 0.4) is 0 Å². The fraction of sp³-hybridized carbons (Fsp3) is 0.588. The summed E-state index contributed by atoms with van der Waals surface area (Å²) in [6, 6.07) is 6.65. The Kier molecular flexibility index (Phi) is 5.03. The molecule has 3 nitrogen and oxygen atoms in total. The smallest absolute Gasteiger partial charge is 0.122 e. The SMILES string of the molecule is COc1cc(C)c(C(C#N)CN2CCCCC2)cc1C. The van der Waals surface area contributed by atoms with Crippen LogP contribution in [0.1, 0.15) is 41.9 Å². The van der Waals surface area contributed by atoms with E-state index in [0.717, 1.165) is 42.1 Å². The van der Waals surface area contributed by atoms with E-state index in [4.69, 9.17) is 4.74 Å². The first kappa shape index (κ1) is 14.9. The van der Waals surface area contributed by atoms with E-state index in [1.165, 1.54) is 19.3 Å². The monoisotopic (exact) mass is 272 g/mol. The Morgan fingerprint density at radius 1 is 1.20 bits per heavy atom. The summed E-state index contributed by atoms with van der Waals surface area (Å²) in [6.07, 6.45) is 3.85. The molecule has 1 aromatic rings. The number of rotatable bonds is 4. The van der Waals surface area contributed by atoms with Crippen molar-refractivity contribution in [3.8, 4) is 11.8 Å². The van der Waals surface area contributed by atoms with Crippen molar-refractivity contribution in [1.29, 1.82) is 5.26 Å². The largest absolute Gasteiger partial charge is 0.496 e. The molecule has 2 rings (SSSR count). The first-order valence-corrected chi connectivity index (χ1v) is 7.42. The molecule has 20 heavy (non-hydrogen) atoms. The van der Waals surface area contributed by atoms with Crippen LogP contribution < -0.4 is 4.74 Å². The molecule has 1 atom stereocenters. The topological polar surface area (TPSA) is 36.3 Å². The molecule has 0 amide bonds. The first-order valence-electron chi connectivity index (χ1n) is 7.42. The van der Waals surface area contributed by atoms with Crippen LogP contribution in [-0.4, -0.2) is 31.6 Å². The summed E-state index contributed by atoms with van der Waals surface area (Å²) >= 11 is 0. The van der Waals surface area contributed by atoms with E-state index in [1.807, 2.05) is 13.0 Å². The van der Waals surface area contributed by atoms with Gasteiger partial charge in [0.25, 0.3) is 0 Å². The van der Waals surface area contributed by atoms with Crippen molar-refractivity contribution in [3.63, 3.8) is 0 Å². The number of methoxy groups -OCH3 is 1. The van der Waals surface area contributed by atoms with E-state index in [0.29, 0.717) is 0 Å². The first-order chi connectivity index (χ1) is 9.65. The molecule has 1 fully saturated rings. The highest BCUT2D eigenvalue weighted by Crippen LogP contribution is 2.28. The number of hydrogen-bond donors (Lipinski definition) is 0. The van der Waals surface area contributed by atoms with Gasteiger partial charge in [-0.3, -0.25) is 0 Å². The Morgan fingerprint density at radius 2 is 1.90 bits per heavy atom. The van der Waals surface area contributed by atoms with Crippen molar-refractivity contribution in [2.24, 2.45) is 0 Å². The Morgan fingerprint density at radius 3 is 2.50 bits per heavy atom. The zero-order chi connectivity index (χ0) is 14.5. The average Bonchev–Trinajstić information content (AvgIpc) is 2.48. The normalized spacial score (nSPS) is 17.5. The van der Waals surface area contributed by atoms with Gasteiger partial charge in [0.05, 0.1) is 19.1 Å². The van der Waals surface area contributed by atoms with E-state index in [9.17, 15) is 5.26 Å². The van der Waals surface area contributed by atoms with Crippen molar-refractivity contribution in [2.45, 2.75) is 39.0 Å². The van der Waals surface area contributed by atoms with Crippen molar-refractivity contribution in [1.82, 2.24) is 4.90 Å². The van der Waals surface area contributed by atoms with Crippen molar-refractivity contribution in [2.75, 3.05) is 26.7 Å². The lowest BCUT2D eigenvalue weighted by molar-refractivity contribution is 0.225. The van der Waals surface area contributed by atoms with Gasteiger partial charge in [-0.15, -0.1) is 0 Å². The van der Waals surface area contributed by atoms with Gasteiger partial charge in [-0.1, -0.05) is 12.5 Å². The molecule has 0 N–H and O–H groups in total. The minimum absolute atomic E-state index is 0.0438. The number of benzene rings is 1. The second kappa shape index (κ2) is 6.76. The zero-order valence-corrected chi connectivity index (χ0v) is 12.8. The Balaban J connectivity index is 2.18. The van der Waals surface area contributed by atoms with Crippen molar-refractivity contribution < 1.29 is 4.74 Å². The quantitative estimate of drug-likeness (QED) is 0.842. The van der Waals surface area contributed by atoms with Gasteiger partial charge in [0.2, 0.25) is 0 Å². The Bertz CT molecular complexity index is 498. The standard InChI is InChI=1S/C17H24N2O/c1-13-10-17(20-3)14(2)9-16(13)15(11-18)12-19-7-5-4-6-8-19/h9-10,15H,4-8,12H2,1-3H3. The third-order valence-electron chi connectivity index (χ3n) is 4.20. The minimum atomic E-state index is -0.0438. The highest BCUT2D eigenvalue weighted by atomic mass is 16.5. The number of nitrogens with zero attached hydrogens (tertiary/aromatic N) is 2. The molecule has 1 saturated heterocycles. The summed E-state index contributed by atoms with van der Waals surface area (Å²) in [4.78, 5) is 2.43. The van der Waals surface area contributed by atoms with Crippen LogP contribution in [0.5, 0.6) is 5.75 Å². The highest BCUT2D eigenvalue weighted by molar-refractivity contribution is 5.44. The number of aryl methyl sites for hydroxylation is 2. The van der Waals surface area contributed by atoms with Crippen molar-refractivity contribution >= 4 is 0 Å². The maximum Gasteiger partial charge on any atom is 0.122 e. The van der Waals surface area contributed by atoms with E-state index in [1.54, 1.807) is 7.11 Å². The summed E-state index contributed by atoms with van der Waals surface area (Å²) in [5, 5.41) is 9.54. The predicted octanol–water partition coefficient (Wildman–Crippen LogP) is 3.41. The van der Waals surface area contributed by atoms with Crippen LogP contribution in [0.25, 0.3) is 0 Å². The summed E-state index contributed by atoms with van der Waals surface area (Å²) in [5.41, 5.74) is 3.40. The number of hydrogen-bond acceptors (Lipinski definition) is 3. The Hall–Kier alpha value is -1.53. The summed E-state index contributed by atoms with van der Waals surface area (Å²) in [7, 11) is 1.69. The van der Waals surface area contributed by atoms with Crippen molar-refractivity contribution in [3.05, 3.63) is 28.8 Å². The molecule has 1 aromatic carbocycles. The number of likely N-dealkylation sites (tertiary alicyclic amines) is 1. The second-order valence-corrected chi connectivity index (χ2v) is 5.72. The van der Waals surface area contributed by atoms with Gasteiger partial charge < -0.3 is 9.64 Å². The van der Waals surface area contributed by atoms with E-state index in [2.05, 4.69) is 24.0 Å². The van der Waals surface area contributed by atoms with Gasteiger partial charge in [-0.25, -0.2) is 0 Å². The molecule has 0 spiro atoms. The fourth-order valence-corrected chi connectivity index (χ4v) is 3.02. The van der Waals surface area contributed by atoms with Crippen LogP contribution in [0.15, 0.2) is 12.1 Å². The molecule has 0 bridgehead atoms. The van der Waals surface area contributed by atoms with E-state index in [-0.39, 0.29) is 5.92 Å². The molecule has 1 heterocycles. The molecule has 1 aliphatic rings. The van der Waals surface area contributed by atoms with Crippen LogP contribution in [0.4, 0.5) is 0 Å². The summed E-state index contributed by atoms with van der Waals surface area (Å²) in [6.45, 7) is 7.22. The van der Waals surface area contributed by atoms with Gasteiger partial charge >= 0.3 is 0 Å². The maximum atomic E-state index is 9.54. The molecule has 1 unspecified atom stereocenters. The van der Waals surface area contributed by atoms with E-state index < -0.39 is 0 Å². The molecule has 0 aromatic heterocycles. The summed E-state index contributed by atoms with van der Waals surface area (Å²) < 4.78 is 5.35. The third kappa shape index (κ3) is 3.32. The molecule has 0 saturated carbocycles. The molecule has 3 heteroatoms. The number of ether oxygens (including phenoxy) is 1. The van der Waals surface area contributed by atoms with Gasteiger partial charge in [0.1, 0.15) is 5.75 Å². The van der Waals surface area contributed by atoms with Crippen LogP contribution in [-0.2, 0) is 0 Å². The molecular formula is C17H24N2O. The summed E-state index contributed by atoms with van der Waals surface area (Å²) in [5.74, 6) is 0.860. The average molecular weight is 272 g/mol. The zero-order valence-electron chi connectivity index (χ0n) is 12.8. The number of piperidine rings is 1. The third-order valence-corrected chi connectivity index (χ3v) is 4.20. The highest BCUT2D eigenvalue weighted by Gasteiger charge is 2.20. The second-order valence-electron chi connectivity index (χ2n) is 5.72. The van der Waals surface area contributed by atoms with Crippen LogP contribution in [0, 0.1) is 25.2 Å². The Labute approximate surface area is 122 Å². The molecule has 108 valence electrons. The molecular weight excluding hydrogens is 248 g/mol. The maximum absolute atomic E-state index is 9.54. The van der Waals surface area contributed by atoms with Gasteiger partial charge in [-0.05, 0) is 62.5 Å². The molecule has 1 aliphatic heterocycles. The van der Waals surface area contributed by atoms with Gasteiger partial charge in [0.15, 0.2) is 0 Å². The lowest BCUT2D eigenvalue weighted by atomic mass is 9.92. The van der Waals surface area contributed by atoms with Crippen LogP contribution >= 0.6 is 0 Å². The molecule has 0 radical (unpaired) electrons. The van der Waals surface area contributed by atoms with Gasteiger partial charge in [0, 0.05) is 6.54 Å². The lowest BCUT2D eigenvalue weighted by Crippen LogP contribution is -2.33. The predicted molar refractivity (Wildman–Crippen MR) is 81.1 cm³/mol. The lowest BCUT2D eigenvalue weighted by Gasteiger charge is -2.28. The molecule has 0 aliphatic carbocycles. The minimum Gasteiger partial charge on any atom is -0.496 e. The fourth-order valence-electron chi connectivity index (χ4n) is 3.02. The van der Waals surface area contributed by atoms with E-state index >= 15 is 0 Å².